The maximum absolute atomic E-state index is 10.0. The van der Waals surface area contributed by atoms with E-state index in [1.165, 1.54) is 0 Å². The Bertz CT molecular complexity index is 552. The first-order valence-corrected chi connectivity index (χ1v) is 7.42. The van der Waals surface area contributed by atoms with Gasteiger partial charge in [-0.2, -0.15) is 0 Å². The average Bonchev–Trinajstić information content (AvgIpc) is 3.04. The molecule has 0 spiro atoms. The normalized spacial score (nSPS) is 21.0. The van der Waals surface area contributed by atoms with E-state index in [-0.39, 0.29) is 6.61 Å². The summed E-state index contributed by atoms with van der Waals surface area (Å²) in [4.78, 5) is 5.05. The SMILES string of the molecule is C#CC1=NO[C@H]([C@H](O)COC(OCc2ccccc2)C(C)O)C1. The van der Waals surface area contributed by atoms with Crippen molar-refractivity contribution in [2.45, 2.75) is 44.6 Å². The van der Waals surface area contributed by atoms with Crippen molar-refractivity contribution in [3.05, 3.63) is 35.9 Å². The van der Waals surface area contributed by atoms with Crippen molar-refractivity contribution >= 4 is 5.71 Å². The fraction of sp³-hybridized carbons (Fsp3) is 0.471. The van der Waals surface area contributed by atoms with E-state index in [1.807, 2.05) is 30.3 Å². The number of aliphatic hydroxyl groups excluding tert-OH is 2. The van der Waals surface area contributed by atoms with Gasteiger partial charge in [0, 0.05) is 6.42 Å². The van der Waals surface area contributed by atoms with E-state index in [9.17, 15) is 10.2 Å². The van der Waals surface area contributed by atoms with E-state index in [4.69, 9.17) is 20.7 Å². The van der Waals surface area contributed by atoms with Gasteiger partial charge in [-0.3, -0.25) is 0 Å². The standard InChI is InChI=1S/C17H21NO5/c1-3-14-9-16(23-18-14)15(20)11-22-17(12(2)19)21-10-13-7-5-4-6-8-13/h1,4-8,12,15-17,19-20H,9-11H2,2H3/t12?,15-,16+,17?/m1/s1. The Morgan fingerprint density at radius 3 is 2.70 bits per heavy atom. The number of ether oxygens (including phenoxy) is 2. The number of oxime groups is 1. The Labute approximate surface area is 135 Å². The zero-order valence-corrected chi connectivity index (χ0v) is 13.0. The van der Waals surface area contributed by atoms with Crippen molar-refractivity contribution < 1.29 is 24.5 Å². The summed E-state index contributed by atoms with van der Waals surface area (Å²) in [5, 5.41) is 23.5. The average molecular weight is 319 g/mol. The molecule has 0 radical (unpaired) electrons. The minimum Gasteiger partial charge on any atom is -0.388 e. The number of terminal acetylenes is 1. The van der Waals surface area contributed by atoms with Crippen LogP contribution >= 0.6 is 0 Å². The van der Waals surface area contributed by atoms with Crippen LogP contribution in [0.4, 0.5) is 0 Å². The van der Waals surface area contributed by atoms with Crippen molar-refractivity contribution in [1.29, 1.82) is 0 Å². The molecule has 0 amide bonds. The van der Waals surface area contributed by atoms with Crippen LogP contribution in [-0.2, 0) is 20.9 Å². The van der Waals surface area contributed by atoms with Crippen LogP contribution in [0.5, 0.6) is 0 Å². The second-order valence-corrected chi connectivity index (χ2v) is 5.34. The highest BCUT2D eigenvalue weighted by Crippen LogP contribution is 2.16. The summed E-state index contributed by atoms with van der Waals surface area (Å²) in [6.45, 7) is 1.81. The number of hydrogen-bond donors (Lipinski definition) is 2. The number of rotatable bonds is 8. The predicted octanol–water partition coefficient (Wildman–Crippen LogP) is 1.07. The molecule has 4 atom stereocenters. The van der Waals surface area contributed by atoms with Gasteiger partial charge in [-0.1, -0.05) is 41.4 Å². The molecule has 0 bridgehead atoms. The largest absolute Gasteiger partial charge is 0.388 e. The van der Waals surface area contributed by atoms with E-state index in [2.05, 4.69) is 11.1 Å². The molecule has 0 aliphatic carbocycles. The first-order valence-electron chi connectivity index (χ1n) is 7.42. The highest BCUT2D eigenvalue weighted by atomic mass is 16.7. The maximum atomic E-state index is 10.0. The lowest BCUT2D eigenvalue weighted by atomic mass is 10.1. The van der Waals surface area contributed by atoms with Gasteiger partial charge in [0.2, 0.25) is 0 Å². The molecule has 1 aromatic carbocycles. The van der Waals surface area contributed by atoms with Gasteiger partial charge in [0.25, 0.3) is 0 Å². The summed E-state index contributed by atoms with van der Waals surface area (Å²) < 4.78 is 11.0. The van der Waals surface area contributed by atoms with Crippen molar-refractivity contribution in [1.82, 2.24) is 0 Å². The molecule has 6 nitrogen and oxygen atoms in total. The first kappa shape index (κ1) is 17.4. The summed E-state index contributed by atoms with van der Waals surface area (Å²) in [5.41, 5.74) is 1.43. The summed E-state index contributed by atoms with van der Waals surface area (Å²) in [5.74, 6) is 2.38. The van der Waals surface area contributed by atoms with E-state index < -0.39 is 24.6 Å². The smallest absolute Gasteiger partial charge is 0.183 e. The van der Waals surface area contributed by atoms with Gasteiger partial charge in [-0.15, -0.1) is 6.42 Å². The van der Waals surface area contributed by atoms with Gasteiger partial charge >= 0.3 is 0 Å². The van der Waals surface area contributed by atoms with E-state index in [0.29, 0.717) is 18.7 Å². The number of nitrogens with zero attached hydrogens (tertiary/aromatic N) is 1. The van der Waals surface area contributed by atoms with Crippen molar-refractivity contribution in [3.8, 4) is 12.3 Å². The first-order chi connectivity index (χ1) is 11.1. The maximum Gasteiger partial charge on any atom is 0.183 e. The third-order valence-corrected chi connectivity index (χ3v) is 3.37. The van der Waals surface area contributed by atoms with E-state index in [1.54, 1.807) is 6.92 Å². The Kier molecular flexibility index (Phi) is 6.56. The molecule has 0 fully saturated rings. The Hall–Kier alpha value is -1.91. The van der Waals surface area contributed by atoms with Gasteiger partial charge in [0.05, 0.1) is 13.2 Å². The molecule has 2 unspecified atom stereocenters. The molecule has 1 aliphatic rings. The number of benzene rings is 1. The molecule has 124 valence electrons. The van der Waals surface area contributed by atoms with Crippen LogP contribution < -0.4 is 0 Å². The lowest BCUT2D eigenvalue weighted by molar-refractivity contribution is -0.211. The second-order valence-electron chi connectivity index (χ2n) is 5.34. The quantitative estimate of drug-likeness (QED) is 0.553. The van der Waals surface area contributed by atoms with Gasteiger partial charge in [0.1, 0.15) is 17.9 Å². The summed E-state index contributed by atoms with van der Waals surface area (Å²) in [6, 6.07) is 9.55. The molecule has 1 aliphatic heterocycles. The Balaban J connectivity index is 1.77. The molecule has 6 heteroatoms. The third kappa shape index (κ3) is 5.34. The van der Waals surface area contributed by atoms with Crippen LogP contribution in [0.15, 0.2) is 35.5 Å². The highest BCUT2D eigenvalue weighted by molar-refractivity contribution is 6.00. The van der Waals surface area contributed by atoms with Crippen molar-refractivity contribution in [3.63, 3.8) is 0 Å². The zero-order chi connectivity index (χ0) is 16.7. The monoisotopic (exact) mass is 319 g/mol. The van der Waals surface area contributed by atoms with Gasteiger partial charge < -0.3 is 24.5 Å². The van der Waals surface area contributed by atoms with E-state index >= 15 is 0 Å². The lowest BCUT2D eigenvalue weighted by Gasteiger charge is -2.24. The summed E-state index contributed by atoms with van der Waals surface area (Å²) in [6.07, 6.45) is 2.46. The van der Waals surface area contributed by atoms with Crippen LogP contribution in [0.3, 0.4) is 0 Å². The molecule has 1 aromatic rings. The van der Waals surface area contributed by atoms with Crippen LogP contribution in [0.2, 0.25) is 0 Å². The second kappa shape index (κ2) is 8.65. The molecule has 23 heavy (non-hydrogen) atoms. The molecule has 0 saturated heterocycles. The molecule has 2 N–H and O–H groups in total. The molecule has 0 aromatic heterocycles. The zero-order valence-electron chi connectivity index (χ0n) is 13.0. The van der Waals surface area contributed by atoms with Crippen LogP contribution in [-0.4, -0.2) is 47.1 Å². The number of hydrogen-bond acceptors (Lipinski definition) is 6. The minimum absolute atomic E-state index is 0.0532. The minimum atomic E-state index is -0.911. The third-order valence-electron chi connectivity index (χ3n) is 3.37. The summed E-state index contributed by atoms with van der Waals surface area (Å²) >= 11 is 0. The molecule has 2 rings (SSSR count). The molecule has 1 heterocycles. The highest BCUT2D eigenvalue weighted by Gasteiger charge is 2.29. The predicted molar refractivity (Wildman–Crippen MR) is 84.4 cm³/mol. The number of aliphatic hydroxyl groups is 2. The van der Waals surface area contributed by atoms with Crippen LogP contribution in [0, 0.1) is 12.3 Å². The van der Waals surface area contributed by atoms with Gasteiger partial charge in [-0.05, 0) is 12.5 Å². The fourth-order valence-corrected chi connectivity index (χ4v) is 2.07. The Morgan fingerprint density at radius 1 is 1.35 bits per heavy atom. The van der Waals surface area contributed by atoms with Crippen LogP contribution in [0.1, 0.15) is 18.9 Å². The van der Waals surface area contributed by atoms with Gasteiger partial charge in [-0.25, -0.2) is 0 Å². The van der Waals surface area contributed by atoms with Crippen molar-refractivity contribution in [2.24, 2.45) is 5.16 Å². The van der Waals surface area contributed by atoms with Crippen molar-refractivity contribution in [2.75, 3.05) is 6.61 Å². The fourth-order valence-electron chi connectivity index (χ4n) is 2.07. The summed E-state index contributed by atoms with van der Waals surface area (Å²) in [7, 11) is 0. The topological polar surface area (TPSA) is 80.5 Å². The molecular weight excluding hydrogens is 298 g/mol. The lowest BCUT2D eigenvalue weighted by Crippen LogP contribution is -2.36. The van der Waals surface area contributed by atoms with E-state index in [0.717, 1.165) is 5.56 Å². The molecular formula is C17H21NO5. The van der Waals surface area contributed by atoms with Crippen LogP contribution in [0.25, 0.3) is 0 Å². The Morgan fingerprint density at radius 2 is 2.09 bits per heavy atom. The molecule has 0 saturated carbocycles. The van der Waals surface area contributed by atoms with Gasteiger partial charge in [0.15, 0.2) is 12.4 Å².